The highest BCUT2D eigenvalue weighted by atomic mass is 32.2. The summed E-state index contributed by atoms with van der Waals surface area (Å²) in [4.78, 5) is 22.4. The minimum absolute atomic E-state index is 0.0364. The first-order valence-electron chi connectivity index (χ1n) is 9.40. The topological polar surface area (TPSA) is 123 Å². The fraction of sp³-hybridized carbons (Fsp3) is 0.300. The summed E-state index contributed by atoms with van der Waals surface area (Å²) >= 11 is 3.83. The molecule has 0 unspecified atom stereocenters. The molecule has 0 radical (unpaired) electrons. The number of benzene rings is 2. The fourth-order valence-corrected chi connectivity index (χ4v) is 5.57. The van der Waals surface area contributed by atoms with Crippen LogP contribution in [0.4, 0.5) is 5.69 Å². The van der Waals surface area contributed by atoms with Crippen LogP contribution in [0.1, 0.15) is 22.6 Å². The average molecular weight is 464 g/mol. The van der Waals surface area contributed by atoms with Crippen LogP contribution >= 0.6 is 23.5 Å². The van der Waals surface area contributed by atoms with Crippen molar-refractivity contribution in [3.63, 3.8) is 0 Å². The predicted octanol–water partition coefficient (Wildman–Crippen LogP) is 3.71. The first-order chi connectivity index (χ1) is 15.0. The molecule has 1 aliphatic rings. The van der Waals surface area contributed by atoms with Crippen molar-refractivity contribution >= 4 is 41.3 Å². The summed E-state index contributed by atoms with van der Waals surface area (Å²) in [6.45, 7) is 1.65. The number of phenolic OH excluding ortho intramolecular Hbond substituents is 1. The van der Waals surface area contributed by atoms with Crippen LogP contribution in [0.25, 0.3) is 0 Å². The number of hydrazone groups is 1. The Morgan fingerprint density at radius 3 is 2.65 bits per heavy atom. The van der Waals surface area contributed by atoms with E-state index in [0.717, 1.165) is 29.9 Å². The number of ether oxygens (including phenoxy) is 2. The van der Waals surface area contributed by atoms with E-state index >= 15 is 0 Å². The van der Waals surface area contributed by atoms with Crippen molar-refractivity contribution in [2.45, 2.75) is 11.5 Å². The Hall–Kier alpha value is -2.92. The van der Waals surface area contributed by atoms with Crippen LogP contribution < -0.4 is 14.9 Å². The van der Waals surface area contributed by atoms with E-state index in [0.29, 0.717) is 10.3 Å². The van der Waals surface area contributed by atoms with E-state index < -0.39 is 10.8 Å². The van der Waals surface area contributed by atoms with Gasteiger partial charge < -0.3 is 14.6 Å². The van der Waals surface area contributed by atoms with Crippen LogP contribution in [0.15, 0.2) is 41.5 Å². The Labute approximate surface area is 187 Å². The van der Waals surface area contributed by atoms with Gasteiger partial charge in [-0.25, -0.2) is 5.43 Å². The van der Waals surface area contributed by atoms with Crippen LogP contribution in [-0.4, -0.2) is 46.9 Å². The van der Waals surface area contributed by atoms with E-state index in [1.165, 1.54) is 5.56 Å². The highest BCUT2D eigenvalue weighted by molar-refractivity contribution is 8.19. The molecule has 1 aliphatic heterocycles. The third-order valence-corrected chi connectivity index (χ3v) is 7.24. The number of carbonyl (C=O) groups is 1. The highest BCUT2D eigenvalue weighted by Crippen LogP contribution is 2.45. The third-order valence-electron chi connectivity index (χ3n) is 4.14. The molecule has 0 bridgehead atoms. The fourth-order valence-electron chi connectivity index (χ4n) is 2.71. The van der Waals surface area contributed by atoms with Gasteiger partial charge in [-0.2, -0.15) is 5.10 Å². The second-order valence-corrected chi connectivity index (χ2v) is 9.02. The number of rotatable bonds is 9. The van der Waals surface area contributed by atoms with Gasteiger partial charge in [-0.15, -0.1) is 23.5 Å². The zero-order valence-corrected chi connectivity index (χ0v) is 18.3. The third kappa shape index (κ3) is 6.28. The van der Waals surface area contributed by atoms with Gasteiger partial charge in [0.2, 0.25) is 0 Å². The van der Waals surface area contributed by atoms with Crippen LogP contribution in [0.3, 0.4) is 0 Å². The van der Waals surface area contributed by atoms with E-state index in [2.05, 4.69) is 10.5 Å². The smallest absolute Gasteiger partial charge is 0.277 e. The zero-order valence-electron chi connectivity index (χ0n) is 16.6. The molecule has 0 spiro atoms. The number of nitrogens with one attached hydrogen (secondary N) is 1. The van der Waals surface area contributed by atoms with Crippen LogP contribution in [-0.2, 0) is 4.79 Å². The molecule has 0 saturated carbocycles. The van der Waals surface area contributed by atoms with Gasteiger partial charge >= 0.3 is 0 Å². The van der Waals surface area contributed by atoms with Gasteiger partial charge in [0, 0.05) is 23.1 Å². The standard InChI is InChI=1S/C20H21N3O6S2/c1-2-28-17-10-15(23(26)27)9-14(19(17)25)11-21-22-18(24)12-29-16-5-3-13(4-6-16)20-30-7-8-31-20/h3-6,9-11,20,25H,2,7-8,12H2,1H3,(H,22,24)/b21-11-. The van der Waals surface area contributed by atoms with Gasteiger partial charge in [0.15, 0.2) is 18.1 Å². The Bertz CT molecular complexity index is 962. The largest absolute Gasteiger partial charge is 0.504 e. The number of aromatic hydroxyl groups is 1. The lowest BCUT2D eigenvalue weighted by Crippen LogP contribution is -2.24. The highest BCUT2D eigenvalue weighted by Gasteiger charge is 2.18. The lowest BCUT2D eigenvalue weighted by atomic mass is 10.1. The van der Waals surface area contributed by atoms with Crippen molar-refractivity contribution in [1.82, 2.24) is 5.43 Å². The Kier molecular flexibility index (Phi) is 8.01. The molecule has 2 N–H and O–H groups in total. The number of non-ortho nitro benzene ring substituents is 1. The maximum absolute atomic E-state index is 12.0. The molecule has 1 fully saturated rings. The molecular formula is C20H21N3O6S2. The Balaban J connectivity index is 1.55. The van der Waals surface area contributed by atoms with E-state index in [4.69, 9.17) is 9.47 Å². The van der Waals surface area contributed by atoms with Crippen LogP contribution in [0.5, 0.6) is 17.2 Å². The van der Waals surface area contributed by atoms with Crippen LogP contribution in [0, 0.1) is 10.1 Å². The molecule has 0 atom stereocenters. The van der Waals surface area contributed by atoms with Crippen molar-refractivity contribution < 1.29 is 24.3 Å². The molecule has 31 heavy (non-hydrogen) atoms. The summed E-state index contributed by atoms with van der Waals surface area (Å²) in [5.41, 5.74) is 3.25. The molecule has 1 heterocycles. The van der Waals surface area contributed by atoms with Gasteiger partial charge in [-0.05, 0) is 24.6 Å². The van der Waals surface area contributed by atoms with Gasteiger partial charge in [0.1, 0.15) is 5.75 Å². The summed E-state index contributed by atoms with van der Waals surface area (Å²) < 4.78 is 11.1. The first kappa shape index (κ1) is 22.8. The second-order valence-electron chi connectivity index (χ2n) is 6.30. The van der Waals surface area contributed by atoms with Crippen molar-refractivity contribution in [1.29, 1.82) is 0 Å². The second kappa shape index (κ2) is 10.9. The van der Waals surface area contributed by atoms with Crippen molar-refractivity contribution in [3.05, 3.63) is 57.6 Å². The minimum Gasteiger partial charge on any atom is -0.504 e. The summed E-state index contributed by atoms with van der Waals surface area (Å²) in [6, 6.07) is 9.87. The number of nitrogens with zero attached hydrogens (tertiary/aromatic N) is 2. The summed E-state index contributed by atoms with van der Waals surface area (Å²) in [6.07, 6.45) is 1.11. The maximum Gasteiger partial charge on any atom is 0.277 e. The normalized spacial score (nSPS) is 14.0. The lowest BCUT2D eigenvalue weighted by Gasteiger charge is -2.10. The minimum atomic E-state index is -0.610. The van der Waals surface area contributed by atoms with Gasteiger partial charge in [-0.3, -0.25) is 14.9 Å². The predicted molar refractivity (Wildman–Crippen MR) is 121 cm³/mol. The average Bonchev–Trinajstić information content (AvgIpc) is 3.30. The number of carbonyl (C=O) groups excluding carboxylic acids is 1. The number of amides is 1. The number of hydrogen-bond acceptors (Lipinski definition) is 9. The molecule has 2 aromatic rings. The van der Waals surface area contributed by atoms with Gasteiger partial charge in [0.05, 0.1) is 28.4 Å². The molecular weight excluding hydrogens is 442 g/mol. The number of nitro benzene ring substituents is 1. The lowest BCUT2D eigenvalue weighted by molar-refractivity contribution is -0.385. The first-order valence-corrected chi connectivity index (χ1v) is 11.5. The molecule has 164 valence electrons. The van der Waals surface area contributed by atoms with Crippen molar-refractivity contribution in [2.75, 3.05) is 24.7 Å². The molecule has 3 rings (SSSR count). The molecule has 9 nitrogen and oxygen atoms in total. The molecule has 1 amide bonds. The maximum atomic E-state index is 12.0. The molecule has 1 saturated heterocycles. The van der Waals surface area contributed by atoms with E-state index in [-0.39, 0.29) is 36.0 Å². The summed E-state index contributed by atoms with van der Waals surface area (Å²) in [7, 11) is 0. The molecule has 0 aliphatic carbocycles. The SMILES string of the molecule is CCOc1cc([N+](=O)[O-])cc(/C=N\NC(=O)COc2ccc(C3SCCS3)cc2)c1O. The Morgan fingerprint density at radius 2 is 2.00 bits per heavy atom. The monoisotopic (exact) mass is 463 g/mol. The molecule has 2 aromatic carbocycles. The number of nitro groups is 1. The van der Waals surface area contributed by atoms with Gasteiger partial charge in [0.25, 0.3) is 11.6 Å². The van der Waals surface area contributed by atoms with E-state index in [9.17, 15) is 20.0 Å². The summed E-state index contributed by atoms with van der Waals surface area (Å²) in [5, 5.41) is 25.0. The van der Waals surface area contributed by atoms with E-state index in [1.54, 1.807) is 6.92 Å². The number of thioether (sulfide) groups is 2. The van der Waals surface area contributed by atoms with Crippen molar-refractivity contribution in [3.8, 4) is 17.2 Å². The Morgan fingerprint density at radius 1 is 1.29 bits per heavy atom. The zero-order chi connectivity index (χ0) is 22.2. The number of hydrogen-bond donors (Lipinski definition) is 2. The molecule has 11 heteroatoms. The van der Waals surface area contributed by atoms with Crippen molar-refractivity contribution in [2.24, 2.45) is 5.10 Å². The quantitative estimate of drug-likeness (QED) is 0.328. The van der Waals surface area contributed by atoms with E-state index in [1.807, 2.05) is 47.8 Å². The summed E-state index contributed by atoms with van der Waals surface area (Å²) in [5.74, 6) is 2.00. The van der Waals surface area contributed by atoms with Crippen LogP contribution in [0.2, 0.25) is 0 Å². The number of phenols is 1. The van der Waals surface area contributed by atoms with Gasteiger partial charge in [-0.1, -0.05) is 12.1 Å². The molecule has 0 aromatic heterocycles.